The molecule has 0 N–H and O–H groups in total. The topological polar surface area (TPSA) is 3.24 Å². The molecule has 1 nitrogen and oxygen atoms in total. The van der Waals surface area contributed by atoms with E-state index in [4.69, 9.17) is 11.6 Å². The van der Waals surface area contributed by atoms with Gasteiger partial charge in [-0.25, -0.2) is 0 Å². The van der Waals surface area contributed by atoms with Crippen molar-refractivity contribution in [1.29, 1.82) is 0 Å². The number of hydrogen-bond donors (Lipinski definition) is 0. The molecule has 0 radical (unpaired) electrons. The molecule has 0 amide bonds. The summed E-state index contributed by atoms with van der Waals surface area (Å²) in [7, 11) is 0. The monoisotopic (exact) mass is 249 g/mol. The second kappa shape index (κ2) is 4.43. The fraction of sp³-hybridized carbons (Fsp3) is 1.00. The molecule has 1 heterocycles. The molecule has 2 aliphatic carbocycles. The van der Waals surface area contributed by atoms with Crippen LogP contribution in [0.25, 0.3) is 0 Å². The van der Waals surface area contributed by atoms with E-state index >= 15 is 0 Å². The van der Waals surface area contributed by atoms with Crippen molar-refractivity contribution < 1.29 is 0 Å². The molecule has 15 heavy (non-hydrogen) atoms. The Morgan fingerprint density at radius 3 is 2.20 bits per heavy atom. The highest BCUT2D eigenvalue weighted by molar-refractivity contribution is 6.20. The van der Waals surface area contributed by atoms with E-state index < -0.39 is 0 Å². The molecule has 5 atom stereocenters. The molecule has 3 heteroatoms. The Bertz CT molecular complexity index is 214. The average molecular weight is 250 g/mol. The summed E-state index contributed by atoms with van der Waals surface area (Å²) in [6, 6.07) is 0. The fourth-order valence-electron chi connectivity index (χ4n) is 4.27. The van der Waals surface area contributed by atoms with Crippen molar-refractivity contribution in [3.8, 4) is 0 Å². The maximum atomic E-state index is 6.06. The van der Waals surface area contributed by atoms with Gasteiger partial charge < -0.3 is 4.90 Å². The summed E-state index contributed by atoms with van der Waals surface area (Å²) in [5, 5.41) is 0.325. The third-order valence-electron chi connectivity index (χ3n) is 4.72. The summed E-state index contributed by atoms with van der Waals surface area (Å²) < 4.78 is 0. The molecule has 2 saturated carbocycles. The number of likely N-dealkylation sites (tertiary alicyclic amines) is 1. The molecule has 0 aromatic heterocycles. The van der Waals surface area contributed by atoms with Gasteiger partial charge in [-0.15, -0.1) is 24.0 Å². The Hall–Kier alpha value is 0.540. The Morgan fingerprint density at radius 2 is 1.73 bits per heavy atom. The van der Waals surface area contributed by atoms with Gasteiger partial charge in [-0.2, -0.15) is 0 Å². The van der Waals surface area contributed by atoms with Gasteiger partial charge in [0.05, 0.1) is 0 Å². The molecule has 0 aromatic rings. The van der Waals surface area contributed by atoms with Gasteiger partial charge in [0, 0.05) is 25.0 Å². The number of halogens is 2. The van der Waals surface area contributed by atoms with Gasteiger partial charge in [0.25, 0.3) is 0 Å². The second-order valence-corrected chi connectivity index (χ2v) is 6.41. The fourth-order valence-corrected chi connectivity index (χ4v) is 4.47. The van der Waals surface area contributed by atoms with Crippen LogP contribution in [0.15, 0.2) is 0 Å². The Balaban J connectivity index is 0.000000853. The van der Waals surface area contributed by atoms with Gasteiger partial charge in [-0.3, -0.25) is 0 Å². The first-order chi connectivity index (χ1) is 6.74. The van der Waals surface area contributed by atoms with Crippen molar-refractivity contribution in [3.63, 3.8) is 0 Å². The lowest BCUT2D eigenvalue weighted by Crippen LogP contribution is -2.28. The lowest BCUT2D eigenvalue weighted by atomic mass is 9.82. The van der Waals surface area contributed by atoms with Gasteiger partial charge in [-0.1, -0.05) is 0 Å². The minimum absolute atomic E-state index is 0. The number of fused-ring (bicyclic) bond motifs is 5. The van der Waals surface area contributed by atoms with Gasteiger partial charge in [0.15, 0.2) is 0 Å². The zero-order chi connectivity index (χ0) is 9.71. The molecule has 3 rings (SSSR count). The van der Waals surface area contributed by atoms with E-state index in [2.05, 4.69) is 11.8 Å². The van der Waals surface area contributed by atoms with Crippen LogP contribution in [0.3, 0.4) is 0 Å². The predicted molar refractivity (Wildman–Crippen MR) is 66.8 cm³/mol. The van der Waals surface area contributed by atoms with Crippen molar-refractivity contribution in [1.82, 2.24) is 4.90 Å². The van der Waals surface area contributed by atoms with Gasteiger partial charge in [0.2, 0.25) is 0 Å². The van der Waals surface area contributed by atoms with Crippen LogP contribution >= 0.6 is 24.0 Å². The summed E-state index contributed by atoms with van der Waals surface area (Å²) in [5.74, 6) is 4.26. The van der Waals surface area contributed by atoms with Crippen LogP contribution in [0.1, 0.15) is 26.2 Å². The van der Waals surface area contributed by atoms with Crippen LogP contribution in [0.4, 0.5) is 0 Å². The molecular formula is C12H21Cl2N. The third kappa shape index (κ3) is 2.03. The first kappa shape index (κ1) is 12.0. The quantitative estimate of drug-likeness (QED) is 0.681. The van der Waals surface area contributed by atoms with E-state index in [1.165, 1.54) is 25.9 Å². The van der Waals surface area contributed by atoms with Crippen molar-refractivity contribution in [2.75, 3.05) is 19.6 Å². The molecule has 1 saturated heterocycles. The van der Waals surface area contributed by atoms with Crippen LogP contribution in [-0.4, -0.2) is 29.9 Å². The summed E-state index contributed by atoms with van der Waals surface area (Å²) in [6.07, 6.45) is 4.60. The number of rotatable bonds is 2. The highest BCUT2D eigenvalue weighted by atomic mass is 35.5. The van der Waals surface area contributed by atoms with E-state index in [9.17, 15) is 0 Å². The van der Waals surface area contributed by atoms with Crippen molar-refractivity contribution >= 4 is 24.0 Å². The number of alkyl halides is 1. The maximum absolute atomic E-state index is 6.06. The molecule has 1 unspecified atom stereocenters. The molecule has 1 aliphatic heterocycles. The van der Waals surface area contributed by atoms with Gasteiger partial charge >= 0.3 is 0 Å². The molecule has 0 aromatic carbocycles. The van der Waals surface area contributed by atoms with Crippen molar-refractivity contribution in [2.45, 2.75) is 31.6 Å². The molecule has 88 valence electrons. The minimum Gasteiger partial charge on any atom is -0.301 e. The SMILES string of the molecule is CC(Cl)CN1C[C@@H]2[C@@H]3CC[C@@H](C3)[C@@H]2C1.Cl. The third-order valence-corrected chi connectivity index (χ3v) is 4.86. The Morgan fingerprint density at radius 1 is 1.20 bits per heavy atom. The first-order valence-corrected chi connectivity index (χ1v) is 6.54. The Kier molecular flexibility index (Phi) is 3.54. The van der Waals surface area contributed by atoms with E-state index in [1.54, 1.807) is 6.42 Å². The Labute approximate surface area is 104 Å². The van der Waals surface area contributed by atoms with Crippen molar-refractivity contribution in [3.05, 3.63) is 0 Å². The standard InChI is InChI=1S/C12H20ClN.ClH/c1-8(13)5-14-6-11-9-2-3-10(4-9)12(11)7-14;/h8-12H,2-7H2,1H3;1H/t8?,9-,10+,11-,12+;. The van der Waals surface area contributed by atoms with E-state index in [-0.39, 0.29) is 12.4 Å². The van der Waals surface area contributed by atoms with Crippen molar-refractivity contribution in [2.24, 2.45) is 23.7 Å². The highest BCUT2D eigenvalue weighted by Gasteiger charge is 2.51. The van der Waals surface area contributed by atoms with E-state index in [0.717, 1.165) is 30.2 Å². The number of hydrogen-bond acceptors (Lipinski definition) is 1. The normalized spacial score (nSPS) is 45.2. The minimum atomic E-state index is 0. The maximum Gasteiger partial charge on any atom is 0.0435 e. The van der Waals surface area contributed by atoms with Crippen LogP contribution in [0.5, 0.6) is 0 Å². The molecular weight excluding hydrogens is 229 g/mol. The van der Waals surface area contributed by atoms with Crippen LogP contribution in [0.2, 0.25) is 0 Å². The smallest absolute Gasteiger partial charge is 0.0435 e. The molecule has 2 bridgehead atoms. The second-order valence-electron chi connectivity index (χ2n) is 5.66. The average Bonchev–Trinajstić information content (AvgIpc) is 2.69. The van der Waals surface area contributed by atoms with Crippen LogP contribution in [-0.2, 0) is 0 Å². The zero-order valence-electron chi connectivity index (χ0n) is 9.36. The highest BCUT2D eigenvalue weighted by Crippen LogP contribution is 2.55. The summed E-state index contributed by atoms with van der Waals surface area (Å²) in [4.78, 5) is 2.61. The van der Waals surface area contributed by atoms with E-state index in [1.807, 2.05) is 0 Å². The molecule has 0 spiro atoms. The van der Waals surface area contributed by atoms with Gasteiger partial charge in [-0.05, 0) is 49.9 Å². The first-order valence-electron chi connectivity index (χ1n) is 6.10. The van der Waals surface area contributed by atoms with E-state index in [0.29, 0.717) is 5.38 Å². The predicted octanol–water partition coefficient (Wildman–Crippen LogP) is 3.01. The lowest BCUT2D eigenvalue weighted by Gasteiger charge is -2.22. The largest absolute Gasteiger partial charge is 0.301 e. The molecule has 3 aliphatic rings. The lowest BCUT2D eigenvalue weighted by molar-refractivity contribution is 0.281. The summed E-state index contributed by atoms with van der Waals surface area (Å²) in [6.45, 7) is 5.92. The summed E-state index contributed by atoms with van der Waals surface area (Å²) in [5.41, 5.74) is 0. The van der Waals surface area contributed by atoms with Gasteiger partial charge in [0.1, 0.15) is 0 Å². The van der Waals surface area contributed by atoms with Crippen LogP contribution in [0, 0.1) is 23.7 Å². The number of nitrogens with zero attached hydrogens (tertiary/aromatic N) is 1. The van der Waals surface area contributed by atoms with Crippen LogP contribution < -0.4 is 0 Å². The zero-order valence-corrected chi connectivity index (χ0v) is 10.9. The molecule has 3 fully saturated rings. The summed E-state index contributed by atoms with van der Waals surface area (Å²) >= 11 is 6.06.